The zero-order valence-corrected chi connectivity index (χ0v) is 21.5. The third kappa shape index (κ3) is 4.54. The first kappa shape index (κ1) is 23.5. The average molecular weight is 490 g/mol. The highest BCUT2D eigenvalue weighted by Crippen LogP contribution is 2.34. The number of benzene rings is 1. The van der Waals surface area contributed by atoms with Gasteiger partial charge in [0.15, 0.2) is 0 Å². The van der Waals surface area contributed by atoms with E-state index >= 15 is 0 Å². The van der Waals surface area contributed by atoms with Crippen molar-refractivity contribution in [1.29, 1.82) is 0 Å². The summed E-state index contributed by atoms with van der Waals surface area (Å²) in [5.41, 5.74) is 9.15. The molecule has 5 heterocycles. The minimum absolute atomic E-state index is 0.0421. The molecule has 0 saturated carbocycles. The molecule has 0 aliphatic carbocycles. The van der Waals surface area contributed by atoms with Crippen LogP contribution in [-0.2, 0) is 10.3 Å². The predicted octanol–water partition coefficient (Wildman–Crippen LogP) is 6.23. The summed E-state index contributed by atoms with van der Waals surface area (Å²) in [5, 5.41) is 1.07. The summed E-state index contributed by atoms with van der Waals surface area (Å²) in [6.45, 7) is 10.1. The van der Waals surface area contributed by atoms with Gasteiger partial charge in [0.2, 0.25) is 0 Å². The minimum Gasteiger partial charge on any atom is -0.379 e. The number of hydrogen-bond donors (Lipinski definition) is 1. The van der Waals surface area contributed by atoms with Crippen LogP contribution in [0.25, 0.3) is 44.7 Å². The number of hydrogen-bond acceptors (Lipinski definition) is 5. The fraction of sp³-hybridized carbons (Fsp3) is 0.258. The molecule has 0 unspecified atom stereocenters. The van der Waals surface area contributed by atoms with Gasteiger partial charge in [0, 0.05) is 59.4 Å². The van der Waals surface area contributed by atoms with Crippen molar-refractivity contribution >= 4 is 11.0 Å². The summed E-state index contributed by atoms with van der Waals surface area (Å²) >= 11 is 0. The van der Waals surface area contributed by atoms with Crippen LogP contribution in [0.1, 0.15) is 25.1 Å². The molecule has 0 spiro atoms. The normalized spacial score (nSPS) is 14.8. The van der Waals surface area contributed by atoms with E-state index in [1.54, 1.807) is 0 Å². The molecule has 1 N–H and O–H groups in total. The molecule has 1 aromatic carbocycles. The van der Waals surface area contributed by atoms with Crippen LogP contribution in [0.2, 0.25) is 0 Å². The molecular formula is C31H31N5O. The number of nitrogens with one attached hydrogen (secondary N) is 1. The van der Waals surface area contributed by atoms with Gasteiger partial charge in [0.1, 0.15) is 5.65 Å². The largest absolute Gasteiger partial charge is 0.379 e. The highest BCUT2D eigenvalue weighted by molar-refractivity contribution is 5.95. The lowest BCUT2D eigenvalue weighted by molar-refractivity contribution is -0.0118. The molecule has 1 saturated heterocycles. The van der Waals surface area contributed by atoms with Crippen molar-refractivity contribution in [2.75, 3.05) is 26.3 Å². The molecule has 0 bridgehead atoms. The molecule has 5 aromatic rings. The van der Waals surface area contributed by atoms with Crippen LogP contribution < -0.4 is 0 Å². The van der Waals surface area contributed by atoms with E-state index < -0.39 is 0 Å². The van der Waals surface area contributed by atoms with Gasteiger partial charge in [0.05, 0.1) is 24.6 Å². The van der Waals surface area contributed by atoms with Gasteiger partial charge in [-0.05, 0) is 67.8 Å². The van der Waals surface area contributed by atoms with E-state index in [1.165, 1.54) is 5.56 Å². The maximum Gasteiger partial charge on any atom is 0.138 e. The second-order valence-corrected chi connectivity index (χ2v) is 10.2. The molecule has 0 atom stereocenters. The Morgan fingerprint density at radius 1 is 0.838 bits per heavy atom. The highest BCUT2D eigenvalue weighted by Gasteiger charge is 2.29. The Kier molecular flexibility index (Phi) is 6.07. The van der Waals surface area contributed by atoms with Crippen molar-refractivity contribution in [2.24, 2.45) is 0 Å². The number of rotatable bonds is 5. The van der Waals surface area contributed by atoms with Crippen molar-refractivity contribution in [1.82, 2.24) is 24.8 Å². The van der Waals surface area contributed by atoms with Gasteiger partial charge in [0.25, 0.3) is 0 Å². The number of aromatic nitrogens is 4. The van der Waals surface area contributed by atoms with Gasteiger partial charge in [-0.1, -0.05) is 30.3 Å². The lowest BCUT2D eigenvalue weighted by Gasteiger charge is -2.41. The van der Waals surface area contributed by atoms with Crippen molar-refractivity contribution in [3.63, 3.8) is 0 Å². The molecule has 1 fully saturated rings. The number of aromatic amines is 1. The van der Waals surface area contributed by atoms with Gasteiger partial charge in [-0.2, -0.15) is 0 Å². The average Bonchev–Trinajstić information content (AvgIpc) is 3.42. The zero-order chi connectivity index (χ0) is 25.4. The van der Waals surface area contributed by atoms with Gasteiger partial charge in [-0.25, -0.2) is 4.98 Å². The summed E-state index contributed by atoms with van der Waals surface area (Å²) in [6, 6.07) is 21.3. The first-order chi connectivity index (χ1) is 18.0. The van der Waals surface area contributed by atoms with Crippen molar-refractivity contribution in [2.45, 2.75) is 26.3 Å². The van der Waals surface area contributed by atoms with E-state index in [9.17, 15) is 0 Å². The van der Waals surface area contributed by atoms with Gasteiger partial charge in [-0.15, -0.1) is 0 Å². The molecular weight excluding hydrogens is 458 g/mol. The second kappa shape index (κ2) is 9.54. The lowest BCUT2D eigenvalue weighted by atomic mass is 9.90. The molecule has 6 heteroatoms. The minimum atomic E-state index is -0.0421. The monoisotopic (exact) mass is 489 g/mol. The van der Waals surface area contributed by atoms with Crippen LogP contribution in [0.5, 0.6) is 0 Å². The number of aryl methyl sites for hydroxylation is 1. The first-order valence-electron chi connectivity index (χ1n) is 12.8. The fourth-order valence-corrected chi connectivity index (χ4v) is 5.21. The maximum atomic E-state index is 5.56. The number of nitrogens with zero attached hydrogens (tertiary/aromatic N) is 4. The molecule has 4 aromatic heterocycles. The topological polar surface area (TPSA) is 66.9 Å². The number of pyridine rings is 3. The standard InChI is InChI=1S/C31H31N5O/c1-21-5-4-6-28(34-21)29-18-27(26-11-12-33-30(26)35-29)24-17-23(19-32-20-24)22-7-9-25(10-8-22)31(2,3)36-13-15-37-16-14-36/h4-12,17-20H,13-16H2,1-3H3,(H,33,35). The third-order valence-corrected chi connectivity index (χ3v) is 7.45. The summed E-state index contributed by atoms with van der Waals surface area (Å²) in [4.78, 5) is 19.9. The van der Waals surface area contributed by atoms with Crippen LogP contribution >= 0.6 is 0 Å². The van der Waals surface area contributed by atoms with E-state index in [1.807, 2.05) is 43.7 Å². The van der Waals surface area contributed by atoms with E-state index in [-0.39, 0.29) is 5.54 Å². The van der Waals surface area contributed by atoms with Crippen LogP contribution in [0, 0.1) is 6.92 Å². The zero-order valence-electron chi connectivity index (χ0n) is 21.5. The summed E-state index contributed by atoms with van der Waals surface area (Å²) in [5.74, 6) is 0. The first-order valence-corrected chi connectivity index (χ1v) is 12.8. The fourth-order valence-electron chi connectivity index (χ4n) is 5.21. The van der Waals surface area contributed by atoms with E-state index in [4.69, 9.17) is 14.7 Å². The third-order valence-electron chi connectivity index (χ3n) is 7.45. The number of ether oxygens (including phenoxy) is 1. The van der Waals surface area contributed by atoms with Gasteiger partial charge >= 0.3 is 0 Å². The van der Waals surface area contributed by atoms with Crippen LogP contribution in [-0.4, -0.2) is 51.1 Å². The molecule has 1 aliphatic heterocycles. The number of H-pyrrole nitrogens is 1. The van der Waals surface area contributed by atoms with Crippen LogP contribution in [0.4, 0.5) is 0 Å². The van der Waals surface area contributed by atoms with Crippen molar-refractivity contribution in [3.8, 4) is 33.6 Å². The van der Waals surface area contributed by atoms with E-state index in [0.717, 1.165) is 76.7 Å². The van der Waals surface area contributed by atoms with Crippen LogP contribution in [0.3, 0.4) is 0 Å². The van der Waals surface area contributed by atoms with Crippen molar-refractivity contribution in [3.05, 3.63) is 90.5 Å². The maximum absolute atomic E-state index is 5.56. The SMILES string of the molecule is Cc1cccc(-c2cc(-c3cncc(-c4ccc(C(C)(C)N5CCOCC5)cc4)c3)c3cc[nH]c3n2)n1. The predicted molar refractivity (Wildman–Crippen MR) is 148 cm³/mol. The summed E-state index contributed by atoms with van der Waals surface area (Å²) < 4.78 is 5.56. The summed E-state index contributed by atoms with van der Waals surface area (Å²) in [7, 11) is 0. The smallest absolute Gasteiger partial charge is 0.138 e. The van der Waals surface area contributed by atoms with Gasteiger partial charge < -0.3 is 9.72 Å². The quantitative estimate of drug-likeness (QED) is 0.317. The lowest BCUT2D eigenvalue weighted by Crippen LogP contribution is -2.47. The van der Waals surface area contributed by atoms with Crippen LogP contribution in [0.15, 0.2) is 79.3 Å². The second-order valence-electron chi connectivity index (χ2n) is 10.2. The Hall–Kier alpha value is -3.87. The Labute approximate surface area is 217 Å². The Morgan fingerprint density at radius 2 is 1.62 bits per heavy atom. The van der Waals surface area contributed by atoms with E-state index in [0.29, 0.717) is 0 Å². The van der Waals surface area contributed by atoms with E-state index in [2.05, 4.69) is 71.2 Å². The van der Waals surface area contributed by atoms with Crippen molar-refractivity contribution < 1.29 is 4.74 Å². The van der Waals surface area contributed by atoms with Gasteiger partial charge in [-0.3, -0.25) is 14.9 Å². The molecule has 186 valence electrons. The number of morpholine rings is 1. The molecule has 37 heavy (non-hydrogen) atoms. The highest BCUT2D eigenvalue weighted by atomic mass is 16.5. The Balaban J connectivity index is 1.36. The molecule has 0 radical (unpaired) electrons. The molecule has 1 aliphatic rings. The molecule has 0 amide bonds. The molecule has 6 rings (SSSR count). The molecule has 6 nitrogen and oxygen atoms in total. The summed E-state index contributed by atoms with van der Waals surface area (Å²) in [6.07, 6.45) is 5.79. The number of fused-ring (bicyclic) bond motifs is 1. The Morgan fingerprint density at radius 3 is 2.41 bits per heavy atom. The Bertz CT molecular complexity index is 1550.